The van der Waals surface area contributed by atoms with E-state index in [2.05, 4.69) is 14.5 Å². The number of para-hydroxylation sites is 2. The molecule has 0 atom stereocenters. The second-order valence-corrected chi connectivity index (χ2v) is 6.34. The van der Waals surface area contributed by atoms with Crippen LogP contribution in [-0.4, -0.2) is 15.8 Å². The van der Waals surface area contributed by atoms with Gasteiger partial charge in [-0.25, -0.2) is 9.37 Å². The van der Waals surface area contributed by atoms with Gasteiger partial charge in [0, 0.05) is 11.6 Å². The Morgan fingerprint density at radius 3 is 2.46 bits per heavy atom. The zero-order valence-electron chi connectivity index (χ0n) is 13.8. The number of fused-ring (bicyclic) bond motifs is 1. The number of hydrogen-bond donors (Lipinski definition) is 0. The number of aromatic nitrogens is 2. The van der Waals surface area contributed by atoms with Crippen LogP contribution in [0.1, 0.15) is 11.4 Å². The summed E-state index contributed by atoms with van der Waals surface area (Å²) < 4.78 is 15.1. The lowest BCUT2D eigenvalue weighted by Crippen LogP contribution is -2.04. The molecule has 0 saturated carbocycles. The molecule has 3 nitrogen and oxygen atoms in total. The number of hydrogen-bond acceptors (Lipinski definition) is 2. The van der Waals surface area contributed by atoms with Crippen LogP contribution in [-0.2, 0) is 6.54 Å². The van der Waals surface area contributed by atoms with Crippen LogP contribution >= 0.6 is 11.6 Å². The average molecular weight is 364 g/mol. The van der Waals surface area contributed by atoms with Crippen molar-refractivity contribution in [2.75, 3.05) is 0 Å². The van der Waals surface area contributed by atoms with E-state index >= 15 is 0 Å². The molecule has 0 aliphatic carbocycles. The Hall–Kier alpha value is -2.98. The first kappa shape index (κ1) is 16.5. The summed E-state index contributed by atoms with van der Waals surface area (Å²) in [4.78, 5) is 9.11. The molecular formula is C21H15ClFN3. The van der Waals surface area contributed by atoms with Gasteiger partial charge in [-0.2, -0.15) is 0 Å². The van der Waals surface area contributed by atoms with Gasteiger partial charge < -0.3 is 4.57 Å². The van der Waals surface area contributed by atoms with Gasteiger partial charge in [0.15, 0.2) is 5.82 Å². The molecule has 0 amide bonds. The van der Waals surface area contributed by atoms with E-state index in [-0.39, 0.29) is 5.82 Å². The van der Waals surface area contributed by atoms with Crippen LogP contribution in [0.2, 0.25) is 5.02 Å². The predicted octanol–water partition coefficient (Wildman–Crippen LogP) is 5.63. The topological polar surface area (TPSA) is 30.2 Å². The molecule has 1 heterocycles. The molecule has 0 N–H and O–H groups in total. The van der Waals surface area contributed by atoms with E-state index in [1.165, 1.54) is 12.1 Å². The third-order valence-electron chi connectivity index (χ3n) is 4.09. The molecule has 0 aliphatic heterocycles. The van der Waals surface area contributed by atoms with E-state index in [1.807, 2.05) is 48.5 Å². The lowest BCUT2D eigenvalue weighted by atomic mass is 10.2. The Bertz CT molecular complexity index is 1070. The van der Waals surface area contributed by atoms with Crippen LogP contribution in [0, 0.1) is 5.82 Å². The van der Waals surface area contributed by atoms with Crippen molar-refractivity contribution in [3.63, 3.8) is 0 Å². The first-order valence-electron chi connectivity index (χ1n) is 8.18. The molecule has 4 rings (SSSR count). The highest BCUT2D eigenvalue weighted by Crippen LogP contribution is 2.19. The van der Waals surface area contributed by atoms with Gasteiger partial charge in [-0.1, -0.05) is 35.9 Å². The zero-order valence-corrected chi connectivity index (χ0v) is 14.6. The fourth-order valence-electron chi connectivity index (χ4n) is 2.79. The number of halogens is 2. The maximum Gasteiger partial charge on any atom is 0.152 e. The molecule has 0 saturated heterocycles. The SMILES string of the molecule is Fc1ccc(N=Cc2nc3ccccc3n2Cc2ccc(Cl)cc2)cc1. The van der Waals surface area contributed by atoms with Crippen LogP contribution in [0.15, 0.2) is 77.8 Å². The third-order valence-corrected chi connectivity index (χ3v) is 4.35. The Morgan fingerprint density at radius 1 is 0.962 bits per heavy atom. The summed E-state index contributed by atoms with van der Waals surface area (Å²) in [6.45, 7) is 0.655. The van der Waals surface area contributed by atoms with Gasteiger partial charge >= 0.3 is 0 Å². The molecule has 26 heavy (non-hydrogen) atoms. The first-order valence-corrected chi connectivity index (χ1v) is 8.56. The summed E-state index contributed by atoms with van der Waals surface area (Å²) in [6.07, 6.45) is 1.71. The summed E-state index contributed by atoms with van der Waals surface area (Å²) in [6, 6.07) is 21.8. The molecule has 5 heteroatoms. The molecule has 0 radical (unpaired) electrons. The molecule has 0 bridgehead atoms. The second kappa shape index (κ2) is 7.10. The van der Waals surface area contributed by atoms with E-state index in [4.69, 9.17) is 11.6 Å². The lowest BCUT2D eigenvalue weighted by Gasteiger charge is -2.07. The minimum atomic E-state index is -0.279. The molecule has 4 aromatic rings. The third kappa shape index (κ3) is 3.51. The van der Waals surface area contributed by atoms with E-state index in [1.54, 1.807) is 18.3 Å². The van der Waals surface area contributed by atoms with Crippen molar-refractivity contribution in [2.24, 2.45) is 4.99 Å². The minimum absolute atomic E-state index is 0.279. The molecule has 0 spiro atoms. The number of imidazole rings is 1. The van der Waals surface area contributed by atoms with E-state index < -0.39 is 0 Å². The largest absolute Gasteiger partial charge is 0.319 e. The van der Waals surface area contributed by atoms with Crippen molar-refractivity contribution in [3.05, 3.63) is 95.0 Å². The Labute approximate surface area is 155 Å². The van der Waals surface area contributed by atoms with Gasteiger partial charge in [0.05, 0.1) is 22.9 Å². The summed E-state index contributed by atoms with van der Waals surface area (Å²) in [5.41, 5.74) is 3.73. The van der Waals surface area contributed by atoms with Gasteiger partial charge in [-0.3, -0.25) is 4.99 Å². The molecule has 0 aliphatic rings. The Morgan fingerprint density at radius 2 is 1.69 bits per heavy atom. The van der Waals surface area contributed by atoms with Gasteiger partial charge in [0.25, 0.3) is 0 Å². The van der Waals surface area contributed by atoms with Crippen molar-refractivity contribution in [1.29, 1.82) is 0 Å². The van der Waals surface area contributed by atoms with Gasteiger partial charge in [0.1, 0.15) is 5.82 Å². The van der Waals surface area contributed by atoms with Crippen LogP contribution < -0.4 is 0 Å². The summed E-state index contributed by atoms with van der Waals surface area (Å²) in [7, 11) is 0. The summed E-state index contributed by atoms with van der Waals surface area (Å²) in [5.74, 6) is 0.462. The van der Waals surface area contributed by atoms with Gasteiger partial charge in [-0.15, -0.1) is 0 Å². The maximum absolute atomic E-state index is 13.0. The Kier molecular flexibility index (Phi) is 4.50. The highest BCUT2D eigenvalue weighted by atomic mass is 35.5. The zero-order chi connectivity index (χ0) is 17.9. The molecular weight excluding hydrogens is 349 g/mol. The standard InChI is InChI=1S/C21H15ClFN3/c22-16-7-5-15(6-8-16)14-26-20-4-2-1-3-19(20)25-21(26)13-24-18-11-9-17(23)10-12-18/h1-13H,14H2. The van der Waals surface area contributed by atoms with Gasteiger partial charge in [0.2, 0.25) is 0 Å². The van der Waals surface area contributed by atoms with Crippen molar-refractivity contribution in [3.8, 4) is 0 Å². The summed E-state index contributed by atoms with van der Waals surface area (Å²) >= 11 is 5.98. The lowest BCUT2D eigenvalue weighted by molar-refractivity contribution is 0.628. The fraction of sp³-hybridized carbons (Fsp3) is 0.0476. The quantitative estimate of drug-likeness (QED) is 0.432. The second-order valence-electron chi connectivity index (χ2n) is 5.91. The van der Waals surface area contributed by atoms with Crippen molar-refractivity contribution in [2.45, 2.75) is 6.54 Å². The van der Waals surface area contributed by atoms with Crippen LogP contribution in [0.5, 0.6) is 0 Å². The van der Waals surface area contributed by atoms with Crippen LogP contribution in [0.3, 0.4) is 0 Å². The number of nitrogens with zero attached hydrogens (tertiary/aromatic N) is 3. The van der Waals surface area contributed by atoms with E-state index in [0.29, 0.717) is 17.3 Å². The van der Waals surface area contributed by atoms with Crippen molar-refractivity contribution >= 4 is 34.5 Å². The average Bonchev–Trinajstić information content (AvgIpc) is 3.01. The molecule has 3 aromatic carbocycles. The fourth-order valence-corrected chi connectivity index (χ4v) is 2.92. The number of benzene rings is 3. The van der Waals surface area contributed by atoms with E-state index in [0.717, 1.165) is 22.4 Å². The number of aliphatic imine (C=N–C) groups is 1. The van der Waals surface area contributed by atoms with Gasteiger partial charge in [-0.05, 0) is 54.1 Å². The molecule has 0 unspecified atom stereocenters. The molecule has 1 aromatic heterocycles. The Balaban J connectivity index is 1.73. The maximum atomic E-state index is 13.0. The monoisotopic (exact) mass is 363 g/mol. The van der Waals surface area contributed by atoms with Crippen molar-refractivity contribution < 1.29 is 4.39 Å². The smallest absolute Gasteiger partial charge is 0.152 e. The van der Waals surface area contributed by atoms with E-state index in [9.17, 15) is 4.39 Å². The minimum Gasteiger partial charge on any atom is -0.319 e. The van der Waals surface area contributed by atoms with Crippen LogP contribution in [0.4, 0.5) is 10.1 Å². The predicted molar refractivity (Wildman–Crippen MR) is 104 cm³/mol. The molecule has 0 fully saturated rings. The van der Waals surface area contributed by atoms with Crippen LogP contribution in [0.25, 0.3) is 11.0 Å². The van der Waals surface area contributed by atoms with Crippen molar-refractivity contribution in [1.82, 2.24) is 9.55 Å². The first-order chi connectivity index (χ1) is 12.7. The molecule has 128 valence electrons. The normalized spacial score (nSPS) is 11.5. The number of rotatable bonds is 4. The highest BCUT2D eigenvalue weighted by molar-refractivity contribution is 6.30. The summed E-state index contributed by atoms with van der Waals surface area (Å²) in [5, 5.41) is 0.710. The highest BCUT2D eigenvalue weighted by Gasteiger charge is 2.09.